The third-order valence-corrected chi connectivity index (χ3v) is 3.85. The highest BCUT2D eigenvalue weighted by atomic mass is 16.6. The molecule has 0 spiro atoms. The van der Waals surface area contributed by atoms with Crippen LogP contribution in [0.2, 0.25) is 0 Å². The summed E-state index contributed by atoms with van der Waals surface area (Å²) in [4.78, 5) is 45.5. The van der Waals surface area contributed by atoms with Gasteiger partial charge < -0.3 is 14.3 Å². The van der Waals surface area contributed by atoms with Gasteiger partial charge in [-0.2, -0.15) is 0 Å². The van der Waals surface area contributed by atoms with Crippen LogP contribution in [0.1, 0.15) is 6.42 Å². The highest BCUT2D eigenvalue weighted by Crippen LogP contribution is 2.56. The summed E-state index contributed by atoms with van der Waals surface area (Å²) in [5, 5.41) is 0. The smallest absolute Gasteiger partial charge is 0.318 e. The van der Waals surface area contributed by atoms with Gasteiger partial charge in [0.25, 0.3) is 0 Å². The Morgan fingerprint density at radius 1 is 1.19 bits per heavy atom. The minimum Gasteiger partial charge on any atom is -0.464 e. The molecule has 84 valence electrons. The van der Waals surface area contributed by atoms with E-state index in [9.17, 15) is 19.2 Å². The summed E-state index contributed by atoms with van der Waals surface area (Å²) in [6.45, 7) is -0.121. The fourth-order valence-corrected chi connectivity index (χ4v) is 3.05. The number of rotatable bonds is 1. The fourth-order valence-electron chi connectivity index (χ4n) is 3.05. The first kappa shape index (κ1) is 9.50. The van der Waals surface area contributed by atoms with Crippen molar-refractivity contribution >= 4 is 24.2 Å². The van der Waals surface area contributed by atoms with Gasteiger partial charge >= 0.3 is 17.9 Å². The molecule has 0 N–H and O–H groups in total. The quantitative estimate of drug-likeness (QED) is 0.324. The number of hydrogen-bond acceptors (Lipinski definition) is 6. The zero-order valence-corrected chi connectivity index (χ0v) is 8.17. The summed E-state index contributed by atoms with van der Waals surface area (Å²) in [6, 6.07) is 0. The SMILES string of the molecule is O=CC12COC(=O)C1CC1C(=O)OC(=O)C12. The second-order valence-corrected chi connectivity index (χ2v) is 4.45. The summed E-state index contributed by atoms with van der Waals surface area (Å²) < 4.78 is 9.31. The summed E-state index contributed by atoms with van der Waals surface area (Å²) in [5.74, 6) is -4.00. The van der Waals surface area contributed by atoms with Gasteiger partial charge in [-0.05, 0) is 6.42 Å². The van der Waals surface area contributed by atoms with Gasteiger partial charge in [-0.3, -0.25) is 14.4 Å². The van der Waals surface area contributed by atoms with Crippen LogP contribution < -0.4 is 0 Å². The van der Waals surface area contributed by atoms with Gasteiger partial charge in [-0.25, -0.2) is 0 Å². The van der Waals surface area contributed by atoms with Crippen molar-refractivity contribution in [2.24, 2.45) is 23.2 Å². The van der Waals surface area contributed by atoms with Gasteiger partial charge in [-0.1, -0.05) is 0 Å². The second-order valence-electron chi connectivity index (χ2n) is 4.45. The Morgan fingerprint density at radius 3 is 2.62 bits per heavy atom. The molecule has 0 radical (unpaired) electrons. The van der Waals surface area contributed by atoms with E-state index in [0.29, 0.717) is 6.29 Å². The first-order chi connectivity index (χ1) is 7.60. The number of esters is 3. The Balaban J connectivity index is 2.10. The lowest BCUT2D eigenvalue weighted by molar-refractivity contribution is -0.156. The molecular weight excluding hydrogens is 216 g/mol. The molecule has 3 aliphatic rings. The van der Waals surface area contributed by atoms with Crippen LogP contribution in [0.5, 0.6) is 0 Å². The molecule has 6 nitrogen and oxygen atoms in total. The van der Waals surface area contributed by atoms with E-state index in [1.807, 2.05) is 0 Å². The molecule has 0 aromatic carbocycles. The molecule has 6 heteroatoms. The zero-order valence-electron chi connectivity index (χ0n) is 8.17. The fraction of sp³-hybridized carbons (Fsp3) is 0.600. The Kier molecular flexibility index (Phi) is 1.60. The van der Waals surface area contributed by atoms with E-state index in [4.69, 9.17) is 4.74 Å². The largest absolute Gasteiger partial charge is 0.464 e. The average Bonchev–Trinajstić information content (AvgIpc) is 2.82. The number of fused-ring (bicyclic) bond motifs is 3. The van der Waals surface area contributed by atoms with E-state index in [1.54, 1.807) is 0 Å². The second kappa shape index (κ2) is 2.69. The zero-order chi connectivity index (χ0) is 11.5. The topological polar surface area (TPSA) is 86.7 Å². The maximum Gasteiger partial charge on any atom is 0.318 e. The third-order valence-electron chi connectivity index (χ3n) is 3.85. The first-order valence-corrected chi connectivity index (χ1v) is 4.98. The maximum atomic E-state index is 11.5. The van der Waals surface area contributed by atoms with Crippen molar-refractivity contribution in [2.45, 2.75) is 6.42 Å². The summed E-state index contributed by atoms with van der Waals surface area (Å²) in [7, 11) is 0. The molecule has 2 saturated heterocycles. The minimum absolute atomic E-state index is 0.121. The van der Waals surface area contributed by atoms with Crippen LogP contribution in [-0.4, -0.2) is 30.8 Å². The summed E-state index contributed by atoms with van der Waals surface area (Å²) in [6.07, 6.45) is 0.750. The van der Waals surface area contributed by atoms with Crippen molar-refractivity contribution in [1.29, 1.82) is 0 Å². The predicted molar refractivity (Wildman–Crippen MR) is 45.6 cm³/mol. The number of aldehydes is 1. The monoisotopic (exact) mass is 224 g/mol. The highest BCUT2D eigenvalue weighted by molar-refractivity contribution is 6.02. The van der Waals surface area contributed by atoms with E-state index in [1.165, 1.54) is 0 Å². The van der Waals surface area contributed by atoms with Crippen LogP contribution in [0.3, 0.4) is 0 Å². The van der Waals surface area contributed by atoms with E-state index < -0.39 is 41.1 Å². The molecule has 0 aromatic heterocycles. The van der Waals surface area contributed by atoms with E-state index in [-0.39, 0.29) is 13.0 Å². The number of carbonyl (C=O) groups is 4. The molecule has 3 rings (SSSR count). The van der Waals surface area contributed by atoms with Crippen LogP contribution in [0.25, 0.3) is 0 Å². The number of ether oxygens (including phenoxy) is 2. The molecule has 1 saturated carbocycles. The molecular formula is C10H8O6. The third kappa shape index (κ3) is 0.834. The number of carbonyl (C=O) groups excluding carboxylic acids is 4. The van der Waals surface area contributed by atoms with Crippen molar-refractivity contribution in [3.8, 4) is 0 Å². The lowest BCUT2D eigenvalue weighted by Crippen LogP contribution is -2.38. The Hall–Kier alpha value is -1.72. The lowest BCUT2D eigenvalue weighted by Gasteiger charge is -2.21. The van der Waals surface area contributed by atoms with Gasteiger partial charge in [0.15, 0.2) is 0 Å². The molecule has 1 aliphatic carbocycles. The molecule has 0 amide bonds. The van der Waals surface area contributed by atoms with Crippen molar-refractivity contribution in [3.05, 3.63) is 0 Å². The molecule has 16 heavy (non-hydrogen) atoms. The van der Waals surface area contributed by atoms with Gasteiger partial charge in [-0.15, -0.1) is 0 Å². The Labute approximate surface area is 89.9 Å². The van der Waals surface area contributed by atoms with Crippen molar-refractivity contribution in [1.82, 2.24) is 0 Å². The van der Waals surface area contributed by atoms with E-state index in [2.05, 4.69) is 4.74 Å². The molecule has 3 fully saturated rings. The van der Waals surface area contributed by atoms with Crippen LogP contribution in [0, 0.1) is 23.2 Å². The summed E-state index contributed by atoms with van der Waals surface area (Å²) >= 11 is 0. The predicted octanol–water partition coefficient (Wildman–Crippen LogP) is -0.936. The molecule has 2 aliphatic heterocycles. The number of hydrogen-bond donors (Lipinski definition) is 0. The maximum absolute atomic E-state index is 11.5. The Morgan fingerprint density at radius 2 is 1.94 bits per heavy atom. The molecule has 4 atom stereocenters. The van der Waals surface area contributed by atoms with Gasteiger partial charge in [0.05, 0.1) is 23.2 Å². The van der Waals surface area contributed by atoms with Crippen LogP contribution in [0.15, 0.2) is 0 Å². The standard InChI is InChI=1S/C10H8O6/c11-2-10-3-15-8(13)5(10)1-4-6(10)9(14)16-7(4)12/h2,4-6H,1,3H2. The molecule has 0 bridgehead atoms. The van der Waals surface area contributed by atoms with Crippen molar-refractivity contribution < 1.29 is 28.7 Å². The van der Waals surface area contributed by atoms with E-state index in [0.717, 1.165) is 0 Å². The van der Waals surface area contributed by atoms with Crippen LogP contribution in [-0.2, 0) is 28.7 Å². The van der Waals surface area contributed by atoms with Gasteiger partial charge in [0.2, 0.25) is 0 Å². The normalized spacial score (nSPS) is 45.0. The number of cyclic esters (lactones) is 3. The Bertz CT molecular complexity index is 427. The average molecular weight is 224 g/mol. The van der Waals surface area contributed by atoms with Gasteiger partial charge in [0, 0.05) is 0 Å². The summed E-state index contributed by atoms with van der Waals surface area (Å²) in [5.41, 5.74) is -1.18. The highest BCUT2D eigenvalue weighted by Gasteiger charge is 2.70. The van der Waals surface area contributed by atoms with Crippen molar-refractivity contribution in [3.63, 3.8) is 0 Å². The minimum atomic E-state index is -1.18. The van der Waals surface area contributed by atoms with E-state index >= 15 is 0 Å². The molecule has 0 aromatic rings. The molecule has 4 unspecified atom stereocenters. The first-order valence-electron chi connectivity index (χ1n) is 4.98. The molecule has 2 heterocycles. The van der Waals surface area contributed by atoms with Crippen LogP contribution >= 0.6 is 0 Å². The van der Waals surface area contributed by atoms with Crippen LogP contribution in [0.4, 0.5) is 0 Å². The van der Waals surface area contributed by atoms with Gasteiger partial charge in [0.1, 0.15) is 12.9 Å². The lowest BCUT2D eigenvalue weighted by atomic mass is 9.74. The van der Waals surface area contributed by atoms with Crippen molar-refractivity contribution in [2.75, 3.05) is 6.61 Å².